The Morgan fingerprint density at radius 1 is 0.939 bits per heavy atom. The van der Waals surface area contributed by atoms with Gasteiger partial charge in [0.05, 0.1) is 16.7 Å². The number of halogens is 1. The molecule has 0 saturated carbocycles. The first-order valence-electron chi connectivity index (χ1n) is 10.4. The third kappa shape index (κ3) is 4.91. The Bertz CT molecular complexity index is 1470. The highest BCUT2D eigenvalue weighted by Crippen LogP contribution is 2.25. The molecule has 0 atom stereocenters. The summed E-state index contributed by atoms with van der Waals surface area (Å²) in [6.07, 6.45) is 0.738. The van der Waals surface area contributed by atoms with Crippen LogP contribution in [0.15, 0.2) is 97.8 Å². The minimum atomic E-state index is -0.0422. The van der Waals surface area contributed by atoms with E-state index in [0.29, 0.717) is 40.1 Å². The Labute approximate surface area is 202 Å². The molecule has 0 bridgehead atoms. The molecule has 0 unspecified atom stereocenters. The van der Waals surface area contributed by atoms with Crippen LogP contribution in [0.25, 0.3) is 22.3 Å². The molecule has 0 amide bonds. The average Bonchev–Trinajstić information content (AvgIpc) is 3.32. The maximum atomic E-state index is 13.3. The Morgan fingerprint density at radius 3 is 2.61 bits per heavy atom. The first-order chi connectivity index (χ1) is 16.2. The molecule has 5 rings (SSSR count). The highest BCUT2D eigenvalue weighted by atomic mass is 79.9. The molecule has 0 aliphatic carbocycles. The maximum Gasteiger partial charge on any atom is 0.262 e. The van der Waals surface area contributed by atoms with E-state index < -0.39 is 0 Å². The highest BCUT2D eigenvalue weighted by molar-refractivity contribution is 9.10. The van der Waals surface area contributed by atoms with Crippen molar-refractivity contribution in [2.75, 3.05) is 0 Å². The number of benzene rings is 3. The highest BCUT2D eigenvalue weighted by Gasteiger charge is 2.15. The molecule has 0 saturated heterocycles. The quantitative estimate of drug-likeness (QED) is 0.202. The lowest BCUT2D eigenvalue weighted by atomic mass is 10.1. The van der Waals surface area contributed by atoms with Crippen molar-refractivity contribution >= 4 is 38.6 Å². The monoisotopic (exact) mass is 518 g/mol. The van der Waals surface area contributed by atoms with Gasteiger partial charge in [-0.05, 0) is 36.2 Å². The molecule has 0 radical (unpaired) electrons. The number of hydrogen-bond donors (Lipinski definition) is 0. The predicted molar refractivity (Wildman–Crippen MR) is 133 cm³/mol. The molecule has 2 aromatic heterocycles. The van der Waals surface area contributed by atoms with Gasteiger partial charge >= 0.3 is 0 Å². The van der Waals surface area contributed by atoms with Crippen LogP contribution < -0.4 is 5.56 Å². The number of aromatic nitrogens is 4. The summed E-state index contributed by atoms with van der Waals surface area (Å²) >= 11 is 4.88. The minimum absolute atomic E-state index is 0.0422. The molecule has 0 aliphatic heterocycles. The number of rotatable bonds is 7. The molecule has 0 N–H and O–H groups in total. The second-order valence-corrected chi connectivity index (χ2v) is 9.27. The molecule has 8 heteroatoms. The third-order valence-corrected chi connectivity index (χ3v) is 6.62. The van der Waals surface area contributed by atoms with Gasteiger partial charge in [-0.1, -0.05) is 87.4 Å². The van der Waals surface area contributed by atoms with Crippen molar-refractivity contribution < 1.29 is 4.52 Å². The molecule has 0 spiro atoms. The van der Waals surface area contributed by atoms with Gasteiger partial charge in [0.2, 0.25) is 11.7 Å². The topological polar surface area (TPSA) is 73.8 Å². The molecular weight excluding hydrogens is 500 g/mol. The van der Waals surface area contributed by atoms with Gasteiger partial charge in [0, 0.05) is 16.6 Å². The summed E-state index contributed by atoms with van der Waals surface area (Å²) in [4.78, 5) is 22.5. The molecule has 164 valence electrons. The molecule has 33 heavy (non-hydrogen) atoms. The lowest BCUT2D eigenvalue weighted by molar-refractivity contribution is 0.391. The van der Waals surface area contributed by atoms with Crippen LogP contribution in [-0.4, -0.2) is 19.7 Å². The van der Waals surface area contributed by atoms with Crippen molar-refractivity contribution in [1.29, 1.82) is 0 Å². The van der Waals surface area contributed by atoms with E-state index in [1.165, 1.54) is 17.3 Å². The van der Waals surface area contributed by atoms with Crippen molar-refractivity contribution in [2.24, 2.45) is 0 Å². The zero-order valence-corrected chi connectivity index (χ0v) is 19.9. The van der Waals surface area contributed by atoms with E-state index in [0.717, 1.165) is 16.5 Å². The fourth-order valence-electron chi connectivity index (χ4n) is 3.53. The zero-order valence-electron chi connectivity index (χ0n) is 17.5. The molecule has 0 fully saturated rings. The number of aryl methyl sites for hydroxylation is 1. The number of thioether (sulfide) groups is 1. The standard InChI is InChI=1S/C25H19BrN4O2S/c26-19-10-6-9-18(15-19)23-28-22(32-29-23)16-33-25-27-21-12-5-4-11-20(21)24(31)30(25)14-13-17-7-2-1-3-8-17/h1-12,15H,13-14,16H2. The summed E-state index contributed by atoms with van der Waals surface area (Å²) in [6, 6.07) is 25.3. The number of fused-ring (bicyclic) bond motifs is 1. The van der Waals surface area contributed by atoms with Gasteiger partial charge in [-0.2, -0.15) is 4.98 Å². The van der Waals surface area contributed by atoms with Gasteiger partial charge < -0.3 is 4.52 Å². The van der Waals surface area contributed by atoms with Gasteiger partial charge in [-0.15, -0.1) is 0 Å². The number of nitrogens with zero attached hydrogens (tertiary/aromatic N) is 4. The molecular formula is C25H19BrN4O2S. The molecule has 6 nitrogen and oxygen atoms in total. The first kappa shape index (κ1) is 21.6. The predicted octanol–water partition coefficient (Wildman–Crippen LogP) is 5.74. The van der Waals surface area contributed by atoms with Gasteiger partial charge in [-0.3, -0.25) is 9.36 Å². The summed E-state index contributed by atoms with van der Waals surface area (Å²) in [7, 11) is 0. The van der Waals surface area contributed by atoms with Crippen molar-refractivity contribution in [3.05, 3.63) is 105 Å². The van der Waals surface area contributed by atoms with Crippen LogP contribution in [0.5, 0.6) is 0 Å². The fraction of sp³-hybridized carbons (Fsp3) is 0.120. The summed E-state index contributed by atoms with van der Waals surface area (Å²) in [5, 5.41) is 5.35. The fourth-order valence-corrected chi connectivity index (χ4v) is 4.79. The number of hydrogen-bond acceptors (Lipinski definition) is 6. The lowest BCUT2D eigenvalue weighted by Crippen LogP contribution is -2.24. The summed E-state index contributed by atoms with van der Waals surface area (Å²) < 4.78 is 8.14. The summed E-state index contributed by atoms with van der Waals surface area (Å²) in [5.74, 6) is 1.42. The Morgan fingerprint density at radius 2 is 1.76 bits per heavy atom. The van der Waals surface area contributed by atoms with Crippen molar-refractivity contribution in [1.82, 2.24) is 19.7 Å². The van der Waals surface area contributed by atoms with Gasteiger partial charge in [0.25, 0.3) is 5.56 Å². The van der Waals surface area contributed by atoms with Gasteiger partial charge in [-0.25, -0.2) is 4.98 Å². The van der Waals surface area contributed by atoms with E-state index in [9.17, 15) is 4.79 Å². The SMILES string of the molecule is O=c1c2ccccc2nc(SCc2nc(-c3cccc(Br)c3)no2)n1CCc1ccccc1. The van der Waals surface area contributed by atoms with E-state index in [1.54, 1.807) is 4.57 Å². The van der Waals surface area contributed by atoms with Crippen LogP contribution >= 0.6 is 27.7 Å². The maximum absolute atomic E-state index is 13.3. The van der Waals surface area contributed by atoms with Crippen LogP contribution in [0.4, 0.5) is 0 Å². The summed E-state index contributed by atoms with van der Waals surface area (Å²) in [6.45, 7) is 0.538. The molecule has 0 aliphatic rings. The second kappa shape index (κ2) is 9.72. The molecule has 5 aromatic rings. The van der Waals surface area contributed by atoms with E-state index in [2.05, 4.69) is 38.2 Å². The lowest BCUT2D eigenvalue weighted by Gasteiger charge is -2.12. The van der Waals surface area contributed by atoms with Crippen LogP contribution in [0, 0.1) is 0 Å². The van der Waals surface area contributed by atoms with Crippen LogP contribution in [0.3, 0.4) is 0 Å². The number of para-hydroxylation sites is 1. The van der Waals surface area contributed by atoms with Crippen LogP contribution in [0.1, 0.15) is 11.5 Å². The Balaban J connectivity index is 1.41. The van der Waals surface area contributed by atoms with Crippen molar-refractivity contribution in [3.8, 4) is 11.4 Å². The van der Waals surface area contributed by atoms with Gasteiger partial charge in [0.1, 0.15) is 0 Å². The molecule has 2 heterocycles. The van der Waals surface area contributed by atoms with Crippen molar-refractivity contribution in [3.63, 3.8) is 0 Å². The molecule has 3 aromatic carbocycles. The normalized spacial score (nSPS) is 11.2. The van der Waals surface area contributed by atoms with Crippen molar-refractivity contribution in [2.45, 2.75) is 23.9 Å². The second-order valence-electron chi connectivity index (χ2n) is 7.41. The Kier molecular flexibility index (Phi) is 6.37. The van der Waals surface area contributed by atoms with E-state index in [-0.39, 0.29) is 5.56 Å². The van der Waals surface area contributed by atoms with Crippen LogP contribution in [0.2, 0.25) is 0 Å². The minimum Gasteiger partial charge on any atom is -0.338 e. The average molecular weight is 519 g/mol. The third-order valence-electron chi connectivity index (χ3n) is 5.17. The van der Waals surface area contributed by atoms with E-state index >= 15 is 0 Å². The largest absolute Gasteiger partial charge is 0.338 e. The zero-order chi connectivity index (χ0) is 22.6. The smallest absolute Gasteiger partial charge is 0.262 e. The van der Waals surface area contributed by atoms with E-state index in [4.69, 9.17) is 9.51 Å². The van der Waals surface area contributed by atoms with Gasteiger partial charge in [0.15, 0.2) is 5.16 Å². The summed E-state index contributed by atoms with van der Waals surface area (Å²) in [5.41, 5.74) is 2.68. The van der Waals surface area contributed by atoms with Crippen LogP contribution in [-0.2, 0) is 18.7 Å². The van der Waals surface area contributed by atoms with E-state index in [1.807, 2.05) is 66.7 Å². The first-order valence-corrected chi connectivity index (χ1v) is 12.2. The Hall–Kier alpha value is -3.23.